The fourth-order valence-electron chi connectivity index (χ4n) is 1.25. The molecule has 0 aromatic heterocycles. The first-order valence-corrected chi connectivity index (χ1v) is 5.21. The van der Waals surface area contributed by atoms with Crippen LogP contribution in [0.2, 0.25) is 5.02 Å². The minimum absolute atomic E-state index is 0.0960. The predicted octanol–water partition coefficient (Wildman–Crippen LogP) is 3.50. The van der Waals surface area contributed by atoms with Crippen LogP contribution in [0.4, 0.5) is 0 Å². The summed E-state index contributed by atoms with van der Waals surface area (Å²) in [5, 5.41) is 9.39. The normalized spacial score (nSPS) is 11.9. The fraction of sp³-hybridized carbons (Fsp3) is 0.417. The van der Waals surface area contributed by atoms with Crippen molar-refractivity contribution < 1.29 is 4.74 Å². The van der Waals surface area contributed by atoms with E-state index in [0.717, 1.165) is 21.9 Å². The summed E-state index contributed by atoms with van der Waals surface area (Å²) in [6, 6.07) is 5.90. The van der Waals surface area contributed by atoms with Gasteiger partial charge in [-0.2, -0.15) is 5.26 Å². The van der Waals surface area contributed by atoms with Crippen LogP contribution >= 0.6 is 11.6 Å². The van der Waals surface area contributed by atoms with Gasteiger partial charge in [0.15, 0.2) is 0 Å². The molecule has 0 bridgehead atoms. The Bertz CT molecular complexity index is 372. The lowest BCUT2D eigenvalue weighted by atomic mass is 10.1. The molecule has 0 heterocycles. The lowest BCUT2D eigenvalue weighted by molar-refractivity contribution is 0.288. The number of hydrogen-bond acceptors (Lipinski definition) is 2. The maximum absolute atomic E-state index is 8.61. The molecule has 0 saturated carbocycles. The SMILES string of the molecule is Cc1cc(OCC(C)C#N)cc(C)c1Cl. The third kappa shape index (κ3) is 3.14. The first-order chi connectivity index (χ1) is 7.04. The molecule has 0 radical (unpaired) electrons. The Balaban J connectivity index is 2.76. The summed E-state index contributed by atoms with van der Waals surface area (Å²) in [6.45, 7) is 6.12. The Morgan fingerprint density at radius 2 is 1.93 bits per heavy atom. The molecule has 2 nitrogen and oxygen atoms in total. The highest BCUT2D eigenvalue weighted by molar-refractivity contribution is 6.32. The molecule has 0 spiro atoms. The summed E-state index contributed by atoms with van der Waals surface area (Å²) in [5.74, 6) is 0.679. The van der Waals surface area contributed by atoms with E-state index in [4.69, 9.17) is 21.6 Å². The second-order valence-corrected chi connectivity index (χ2v) is 4.09. The smallest absolute Gasteiger partial charge is 0.119 e. The number of halogens is 1. The number of nitriles is 1. The van der Waals surface area contributed by atoms with Crippen LogP contribution in [0.5, 0.6) is 5.75 Å². The minimum Gasteiger partial charge on any atom is -0.492 e. The van der Waals surface area contributed by atoms with E-state index in [1.165, 1.54) is 0 Å². The first kappa shape index (κ1) is 11.9. The van der Waals surface area contributed by atoms with Crippen LogP contribution in [0.25, 0.3) is 0 Å². The highest BCUT2D eigenvalue weighted by Crippen LogP contribution is 2.25. The number of rotatable bonds is 3. The number of hydrogen-bond donors (Lipinski definition) is 0. The van der Waals surface area contributed by atoms with E-state index in [2.05, 4.69) is 6.07 Å². The molecule has 0 amide bonds. The van der Waals surface area contributed by atoms with Crippen LogP contribution in [-0.4, -0.2) is 6.61 Å². The summed E-state index contributed by atoms with van der Waals surface area (Å²) in [6.07, 6.45) is 0. The molecule has 0 aliphatic carbocycles. The number of ether oxygens (including phenoxy) is 1. The number of nitrogens with zero attached hydrogens (tertiary/aromatic N) is 1. The van der Waals surface area contributed by atoms with Crippen LogP contribution in [0, 0.1) is 31.1 Å². The van der Waals surface area contributed by atoms with Crippen molar-refractivity contribution in [2.24, 2.45) is 5.92 Å². The molecule has 1 aromatic carbocycles. The predicted molar refractivity (Wildman–Crippen MR) is 61.2 cm³/mol. The fourth-order valence-corrected chi connectivity index (χ4v) is 1.36. The second-order valence-electron chi connectivity index (χ2n) is 3.71. The Labute approximate surface area is 95.4 Å². The zero-order valence-electron chi connectivity index (χ0n) is 9.17. The van der Waals surface area contributed by atoms with Crippen LogP contribution < -0.4 is 4.74 Å². The van der Waals surface area contributed by atoms with Crippen LogP contribution in [0.3, 0.4) is 0 Å². The largest absolute Gasteiger partial charge is 0.492 e. The molecule has 3 heteroatoms. The molecule has 1 atom stereocenters. The van der Waals surface area contributed by atoms with Gasteiger partial charge >= 0.3 is 0 Å². The van der Waals surface area contributed by atoms with E-state index < -0.39 is 0 Å². The Morgan fingerprint density at radius 3 is 2.40 bits per heavy atom. The van der Waals surface area contributed by atoms with Gasteiger partial charge in [-0.1, -0.05) is 11.6 Å². The van der Waals surface area contributed by atoms with E-state index >= 15 is 0 Å². The molecule has 15 heavy (non-hydrogen) atoms. The standard InChI is InChI=1S/C12H14ClNO/c1-8(6-14)7-15-11-4-9(2)12(13)10(3)5-11/h4-5,8H,7H2,1-3H3. The molecule has 0 saturated heterocycles. The number of aryl methyl sites for hydroxylation is 2. The molecule has 0 aliphatic rings. The van der Waals surface area contributed by atoms with Gasteiger partial charge < -0.3 is 4.74 Å². The maximum Gasteiger partial charge on any atom is 0.119 e. The quantitative estimate of drug-likeness (QED) is 0.786. The molecule has 1 unspecified atom stereocenters. The van der Waals surface area contributed by atoms with Crippen molar-refractivity contribution in [3.63, 3.8) is 0 Å². The van der Waals surface area contributed by atoms with Gasteiger partial charge in [0.25, 0.3) is 0 Å². The van der Waals surface area contributed by atoms with Crippen molar-refractivity contribution in [1.29, 1.82) is 5.26 Å². The molecular weight excluding hydrogens is 210 g/mol. The monoisotopic (exact) mass is 223 g/mol. The summed E-state index contributed by atoms with van der Waals surface area (Å²) in [5.41, 5.74) is 1.99. The van der Waals surface area contributed by atoms with Crippen LogP contribution in [-0.2, 0) is 0 Å². The van der Waals surface area contributed by atoms with E-state index in [1.54, 1.807) is 0 Å². The Morgan fingerprint density at radius 1 is 1.40 bits per heavy atom. The molecule has 1 aromatic rings. The highest BCUT2D eigenvalue weighted by Gasteiger charge is 2.05. The topological polar surface area (TPSA) is 33.0 Å². The second kappa shape index (κ2) is 5.04. The van der Waals surface area contributed by atoms with Gasteiger partial charge in [0.2, 0.25) is 0 Å². The number of benzene rings is 1. The maximum atomic E-state index is 8.61. The summed E-state index contributed by atoms with van der Waals surface area (Å²) >= 11 is 6.03. The van der Waals surface area contributed by atoms with Gasteiger partial charge in [0.1, 0.15) is 12.4 Å². The zero-order chi connectivity index (χ0) is 11.4. The van der Waals surface area contributed by atoms with E-state index in [9.17, 15) is 0 Å². The van der Waals surface area contributed by atoms with Crippen LogP contribution in [0.1, 0.15) is 18.1 Å². The minimum atomic E-state index is -0.0960. The van der Waals surface area contributed by atoms with Gasteiger partial charge in [-0.15, -0.1) is 0 Å². The van der Waals surface area contributed by atoms with Gasteiger partial charge in [0, 0.05) is 5.02 Å². The third-order valence-electron chi connectivity index (χ3n) is 2.13. The highest BCUT2D eigenvalue weighted by atomic mass is 35.5. The molecule has 0 aliphatic heterocycles. The zero-order valence-corrected chi connectivity index (χ0v) is 9.93. The van der Waals surface area contributed by atoms with E-state index in [0.29, 0.717) is 6.61 Å². The average Bonchev–Trinajstić information content (AvgIpc) is 2.22. The van der Waals surface area contributed by atoms with Crippen LogP contribution in [0.15, 0.2) is 12.1 Å². The van der Waals surface area contributed by atoms with Crippen molar-refractivity contribution in [1.82, 2.24) is 0 Å². The first-order valence-electron chi connectivity index (χ1n) is 4.83. The van der Waals surface area contributed by atoms with Gasteiger partial charge in [-0.05, 0) is 44.0 Å². The molecular formula is C12H14ClNO. The third-order valence-corrected chi connectivity index (χ3v) is 2.73. The van der Waals surface area contributed by atoms with Gasteiger partial charge in [-0.3, -0.25) is 0 Å². The van der Waals surface area contributed by atoms with Crippen molar-refractivity contribution in [3.8, 4) is 11.8 Å². The summed E-state index contributed by atoms with van der Waals surface area (Å²) in [4.78, 5) is 0. The van der Waals surface area contributed by atoms with Crippen molar-refractivity contribution >= 4 is 11.6 Å². The van der Waals surface area contributed by atoms with Crippen molar-refractivity contribution in [3.05, 3.63) is 28.3 Å². The molecule has 0 fully saturated rings. The Hall–Kier alpha value is -1.20. The molecule has 80 valence electrons. The van der Waals surface area contributed by atoms with Crippen molar-refractivity contribution in [2.75, 3.05) is 6.61 Å². The average molecular weight is 224 g/mol. The van der Waals surface area contributed by atoms with E-state index in [1.807, 2.05) is 32.9 Å². The lowest BCUT2D eigenvalue weighted by Gasteiger charge is -2.10. The van der Waals surface area contributed by atoms with Gasteiger partial charge in [-0.25, -0.2) is 0 Å². The van der Waals surface area contributed by atoms with Gasteiger partial charge in [0.05, 0.1) is 12.0 Å². The molecule has 1 rings (SSSR count). The van der Waals surface area contributed by atoms with E-state index in [-0.39, 0.29) is 5.92 Å². The Kier molecular flexibility index (Phi) is 3.99. The summed E-state index contributed by atoms with van der Waals surface area (Å²) < 4.78 is 5.49. The lowest BCUT2D eigenvalue weighted by Crippen LogP contribution is -2.06. The molecule has 0 N–H and O–H groups in total. The van der Waals surface area contributed by atoms with Crippen molar-refractivity contribution in [2.45, 2.75) is 20.8 Å². The summed E-state index contributed by atoms with van der Waals surface area (Å²) in [7, 11) is 0.